The van der Waals surface area contributed by atoms with E-state index < -0.39 is 15.8 Å². The fraction of sp³-hybridized carbons (Fsp3) is 0.571. The number of nitrogens with one attached hydrogen (secondary N) is 1. The summed E-state index contributed by atoms with van der Waals surface area (Å²) in [7, 11) is -3.73. The minimum absolute atomic E-state index is 0.0274. The van der Waals surface area contributed by atoms with E-state index in [0.29, 0.717) is 12.0 Å². The summed E-state index contributed by atoms with van der Waals surface area (Å²) in [6.45, 7) is 7.88. The smallest absolute Gasteiger partial charge is 0.240 e. The molecular weight excluding hydrogens is 279 g/mol. The van der Waals surface area contributed by atoms with E-state index in [1.165, 1.54) is 12.1 Å². The second kappa shape index (κ2) is 6.20. The molecule has 0 heterocycles. The number of benzene rings is 1. The Morgan fingerprint density at radius 1 is 1.35 bits per heavy atom. The summed E-state index contributed by atoms with van der Waals surface area (Å²) in [5.41, 5.74) is 6.44. The lowest BCUT2D eigenvalue weighted by molar-refractivity contribution is 0.338. The average Bonchev–Trinajstić information content (AvgIpc) is 2.27. The maximum atomic E-state index is 13.2. The first-order chi connectivity index (χ1) is 9.01. The van der Waals surface area contributed by atoms with Crippen LogP contribution < -0.4 is 10.5 Å². The van der Waals surface area contributed by atoms with Crippen molar-refractivity contribution in [2.45, 2.75) is 45.1 Å². The Kier molecular flexibility index (Phi) is 5.29. The molecule has 0 aliphatic rings. The fourth-order valence-electron chi connectivity index (χ4n) is 2.02. The number of rotatable bonds is 5. The van der Waals surface area contributed by atoms with Gasteiger partial charge in [-0.15, -0.1) is 0 Å². The van der Waals surface area contributed by atoms with E-state index in [9.17, 15) is 12.8 Å². The number of nitrogens with two attached hydrogens (primary N) is 1. The van der Waals surface area contributed by atoms with Crippen molar-refractivity contribution in [1.82, 2.24) is 4.72 Å². The molecule has 114 valence electrons. The van der Waals surface area contributed by atoms with Crippen LogP contribution >= 0.6 is 0 Å². The molecule has 0 amide bonds. The molecule has 1 rings (SSSR count). The molecule has 0 fully saturated rings. The zero-order chi connectivity index (χ0) is 15.6. The van der Waals surface area contributed by atoms with Crippen LogP contribution in [0, 0.1) is 18.2 Å². The minimum Gasteiger partial charge on any atom is -0.326 e. The fourth-order valence-corrected chi connectivity index (χ4v) is 3.37. The molecule has 4 nitrogen and oxygen atoms in total. The Hall–Kier alpha value is -0.980. The molecule has 0 aliphatic heterocycles. The summed E-state index contributed by atoms with van der Waals surface area (Å²) in [5, 5.41) is 0. The Labute approximate surface area is 120 Å². The monoisotopic (exact) mass is 302 g/mol. The predicted octanol–water partition coefficient (Wildman–Crippen LogP) is 2.18. The van der Waals surface area contributed by atoms with E-state index in [0.717, 1.165) is 6.07 Å². The third-order valence-corrected chi connectivity index (χ3v) is 4.42. The highest BCUT2D eigenvalue weighted by atomic mass is 32.2. The lowest BCUT2D eigenvalue weighted by Gasteiger charge is -2.23. The van der Waals surface area contributed by atoms with Crippen LogP contribution in [0.3, 0.4) is 0 Å². The van der Waals surface area contributed by atoms with Crippen molar-refractivity contribution in [3.8, 4) is 0 Å². The van der Waals surface area contributed by atoms with Crippen LogP contribution in [0.4, 0.5) is 4.39 Å². The standard InChI is InChI=1S/C14H23FN2O2S/c1-10-5-6-11(15)7-13(10)20(18,19)17-9-12(16)8-14(2,3)4/h5-7,12,17H,8-9,16H2,1-4H3. The van der Waals surface area contributed by atoms with E-state index in [-0.39, 0.29) is 22.9 Å². The first-order valence-corrected chi connectivity index (χ1v) is 8.01. The molecule has 1 aromatic carbocycles. The number of sulfonamides is 1. The van der Waals surface area contributed by atoms with Gasteiger partial charge in [-0.2, -0.15) is 0 Å². The van der Waals surface area contributed by atoms with Crippen molar-refractivity contribution in [2.24, 2.45) is 11.1 Å². The Bertz CT molecular complexity index is 565. The SMILES string of the molecule is Cc1ccc(F)cc1S(=O)(=O)NCC(N)CC(C)(C)C. The van der Waals surface area contributed by atoms with Crippen LogP contribution in [0.5, 0.6) is 0 Å². The van der Waals surface area contributed by atoms with Gasteiger partial charge in [-0.25, -0.2) is 17.5 Å². The quantitative estimate of drug-likeness (QED) is 0.875. The van der Waals surface area contributed by atoms with Crippen molar-refractivity contribution >= 4 is 10.0 Å². The van der Waals surface area contributed by atoms with Gasteiger partial charge in [-0.3, -0.25) is 0 Å². The molecule has 20 heavy (non-hydrogen) atoms. The van der Waals surface area contributed by atoms with Gasteiger partial charge in [-0.1, -0.05) is 26.8 Å². The normalized spacial score (nSPS) is 14.3. The predicted molar refractivity (Wildman–Crippen MR) is 78.4 cm³/mol. The van der Waals surface area contributed by atoms with Crippen molar-refractivity contribution < 1.29 is 12.8 Å². The molecule has 0 aromatic heterocycles. The van der Waals surface area contributed by atoms with Gasteiger partial charge < -0.3 is 5.73 Å². The third-order valence-electron chi connectivity index (χ3n) is 2.85. The maximum Gasteiger partial charge on any atom is 0.240 e. The summed E-state index contributed by atoms with van der Waals surface area (Å²) < 4.78 is 39.9. The van der Waals surface area contributed by atoms with E-state index in [1.807, 2.05) is 20.8 Å². The van der Waals surface area contributed by atoms with Crippen molar-refractivity contribution in [1.29, 1.82) is 0 Å². The van der Waals surface area contributed by atoms with Crippen LogP contribution in [0.1, 0.15) is 32.8 Å². The molecular formula is C14H23FN2O2S. The van der Waals surface area contributed by atoms with Crippen LogP contribution in [0.2, 0.25) is 0 Å². The molecule has 0 bridgehead atoms. The molecule has 1 unspecified atom stereocenters. The topological polar surface area (TPSA) is 72.2 Å². The second-order valence-corrected chi connectivity index (χ2v) is 8.02. The third kappa shape index (κ3) is 5.19. The van der Waals surface area contributed by atoms with Crippen molar-refractivity contribution in [3.63, 3.8) is 0 Å². The summed E-state index contributed by atoms with van der Waals surface area (Å²) in [6, 6.07) is 3.42. The average molecular weight is 302 g/mol. The van der Waals surface area contributed by atoms with Gasteiger partial charge in [0, 0.05) is 12.6 Å². The summed E-state index contributed by atoms with van der Waals surface area (Å²) >= 11 is 0. The van der Waals surface area contributed by atoms with Gasteiger partial charge in [0.1, 0.15) is 5.82 Å². The highest BCUT2D eigenvalue weighted by molar-refractivity contribution is 7.89. The van der Waals surface area contributed by atoms with Gasteiger partial charge in [0.05, 0.1) is 4.90 Å². The molecule has 0 aliphatic carbocycles. The Morgan fingerprint density at radius 2 is 1.95 bits per heavy atom. The number of hydrogen-bond acceptors (Lipinski definition) is 3. The number of hydrogen-bond donors (Lipinski definition) is 2. The summed E-state index contributed by atoms with van der Waals surface area (Å²) in [4.78, 5) is -0.0412. The molecule has 1 atom stereocenters. The number of halogens is 1. The minimum atomic E-state index is -3.73. The highest BCUT2D eigenvalue weighted by Crippen LogP contribution is 2.20. The first-order valence-electron chi connectivity index (χ1n) is 6.53. The van der Waals surface area contributed by atoms with Crippen LogP contribution in [0.15, 0.2) is 23.1 Å². The first kappa shape index (κ1) is 17.1. The number of aryl methyl sites for hydroxylation is 1. The van der Waals surface area contributed by atoms with Crippen molar-refractivity contribution in [2.75, 3.05) is 6.54 Å². The highest BCUT2D eigenvalue weighted by Gasteiger charge is 2.21. The Morgan fingerprint density at radius 3 is 2.50 bits per heavy atom. The lowest BCUT2D eigenvalue weighted by Crippen LogP contribution is -2.39. The molecule has 6 heteroatoms. The van der Waals surface area contributed by atoms with E-state index in [4.69, 9.17) is 5.73 Å². The van der Waals surface area contributed by atoms with Crippen LogP contribution in [-0.2, 0) is 10.0 Å². The lowest BCUT2D eigenvalue weighted by atomic mass is 9.88. The van der Waals surface area contributed by atoms with Gasteiger partial charge in [0.25, 0.3) is 0 Å². The Balaban J connectivity index is 2.78. The molecule has 0 spiro atoms. The second-order valence-electron chi connectivity index (χ2n) is 6.29. The van der Waals surface area contributed by atoms with Gasteiger partial charge in [0.15, 0.2) is 0 Å². The zero-order valence-corrected chi connectivity index (χ0v) is 13.2. The molecule has 0 radical (unpaired) electrons. The van der Waals surface area contributed by atoms with Crippen LogP contribution in [0.25, 0.3) is 0 Å². The van der Waals surface area contributed by atoms with Gasteiger partial charge >= 0.3 is 0 Å². The van der Waals surface area contributed by atoms with E-state index in [1.54, 1.807) is 6.92 Å². The van der Waals surface area contributed by atoms with Gasteiger partial charge in [-0.05, 0) is 36.5 Å². The molecule has 0 saturated carbocycles. The van der Waals surface area contributed by atoms with Gasteiger partial charge in [0.2, 0.25) is 10.0 Å². The molecule has 0 saturated heterocycles. The van der Waals surface area contributed by atoms with E-state index in [2.05, 4.69) is 4.72 Å². The van der Waals surface area contributed by atoms with Crippen molar-refractivity contribution in [3.05, 3.63) is 29.6 Å². The molecule has 3 N–H and O–H groups in total. The zero-order valence-electron chi connectivity index (χ0n) is 12.4. The van der Waals surface area contributed by atoms with Crippen LogP contribution in [-0.4, -0.2) is 21.0 Å². The maximum absolute atomic E-state index is 13.2. The summed E-state index contributed by atoms with van der Waals surface area (Å²) in [5.74, 6) is -0.574. The summed E-state index contributed by atoms with van der Waals surface area (Å²) in [6.07, 6.45) is 0.692. The largest absolute Gasteiger partial charge is 0.326 e. The van der Waals surface area contributed by atoms with E-state index >= 15 is 0 Å². The molecule has 1 aromatic rings.